The second-order valence-corrected chi connectivity index (χ2v) is 5.07. The average Bonchev–Trinajstić information content (AvgIpc) is 2.96. The fourth-order valence-corrected chi connectivity index (χ4v) is 2.27. The number of morpholine rings is 1. The normalized spacial score (nSPS) is 18.5. The average molecular weight is 304 g/mol. The second-order valence-electron chi connectivity index (χ2n) is 5.07. The lowest BCUT2D eigenvalue weighted by molar-refractivity contribution is -0.0269. The summed E-state index contributed by atoms with van der Waals surface area (Å²) < 4.78 is 6.76. The van der Waals surface area contributed by atoms with E-state index in [4.69, 9.17) is 4.74 Å². The summed E-state index contributed by atoms with van der Waals surface area (Å²) >= 11 is 0. The number of carbonyl (C=O) groups is 1. The van der Waals surface area contributed by atoms with E-state index >= 15 is 0 Å². The van der Waals surface area contributed by atoms with E-state index in [-0.39, 0.29) is 23.3 Å². The van der Waals surface area contributed by atoms with Gasteiger partial charge in [-0.15, -0.1) is 0 Å². The standard InChI is InChI=1S/C13H16N6O3/c1-8-14-12(16-15-8)10-7-19(5-6-22-10)13(21)9-3-4-11(20)18(2)17-9/h3-4,10H,5-7H2,1-2H3,(H,14,15,16). The first-order chi connectivity index (χ1) is 10.5. The number of nitrogens with one attached hydrogen (secondary N) is 1. The zero-order valence-corrected chi connectivity index (χ0v) is 12.3. The van der Waals surface area contributed by atoms with E-state index in [2.05, 4.69) is 20.3 Å². The fraction of sp³-hybridized carbons (Fsp3) is 0.462. The van der Waals surface area contributed by atoms with Crippen LogP contribution in [0.5, 0.6) is 0 Å². The molecule has 22 heavy (non-hydrogen) atoms. The number of carbonyl (C=O) groups excluding carboxylic acids is 1. The molecule has 1 fully saturated rings. The molecule has 2 aromatic heterocycles. The highest BCUT2D eigenvalue weighted by Crippen LogP contribution is 2.20. The van der Waals surface area contributed by atoms with Gasteiger partial charge in [0.05, 0.1) is 13.2 Å². The van der Waals surface area contributed by atoms with E-state index in [9.17, 15) is 9.59 Å². The van der Waals surface area contributed by atoms with Crippen LogP contribution in [0.3, 0.4) is 0 Å². The molecule has 2 aromatic rings. The maximum absolute atomic E-state index is 12.5. The zero-order valence-electron chi connectivity index (χ0n) is 12.3. The molecule has 0 aliphatic carbocycles. The Kier molecular flexibility index (Phi) is 3.72. The van der Waals surface area contributed by atoms with E-state index in [1.165, 1.54) is 19.2 Å². The van der Waals surface area contributed by atoms with Gasteiger partial charge in [0, 0.05) is 19.7 Å². The maximum atomic E-state index is 12.5. The molecular weight excluding hydrogens is 288 g/mol. The van der Waals surface area contributed by atoms with E-state index in [1.54, 1.807) is 11.8 Å². The third-order valence-corrected chi connectivity index (χ3v) is 3.44. The molecule has 1 N–H and O–H groups in total. The van der Waals surface area contributed by atoms with Crippen molar-refractivity contribution >= 4 is 5.91 Å². The van der Waals surface area contributed by atoms with Crippen molar-refractivity contribution in [3.8, 4) is 0 Å². The van der Waals surface area contributed by atoms with Crippen molar-refractivity contribution in [1.29, 1.82) is 0 Å². The van der Waals surface area contributed by atoms with Crippen LogP contribution in [0.15, 0.2) is 16.9 Å². The van der Waals surface area contributed by atoms with Gasteiger partial charge in [0.25, 0.3) is 11.5 Å². The number of nitrogens with zero attached hydrogens (tertiary/aromatic N) is 5. The van der Waals surface area contributed by atoms with Gasteiger partial charge in [0.2, 0.25) is 0 Å². The Bertz CT molecular complexity index is 752. The molecular formula is C13H16N6O3. The topological polar surface area (TPSA) is 106 Å². The first-order valence-electron chi connectivity index (χ1n) is 6.89. The van der Waals surface area contributed by atoms with Gasteiger partial charge in [-0.05, 0) is 13.0 Å². The minimum Gasteiger partial charge on any atom is -0.366 e. The predicted octanol–water partition coefficient (Wildman–Crippen LogP) is -0.579. The minimum atomic E-state index is -0.366. The highest BCUT2D eigenvalue weighted by molar-refractivity contribution is 5.92. The number of hydrogen-bond acceptors (Lipinski definition) is 6. The van der Waals surface area contributed by atoms with Crippen LogP contribution in [0, 0.1) is 6.92 Å². The predicted molar refractivity (Wildman–Crippen MR) is 75.2 cm³/mol. The Balaban J connectivity index is 1.77. The summed E-state index contributed by atoms with van der Waals surface area (Å²) in [6, 6.07) is 2.77. The lowest BCUT2D eigenvalue weighted by Gasteiger charge is -2.31. The Morgan fingerprint density at radius 3 is 2.95 bits per heavy atom. The number of hydrogen-bond donors (Lipinski definition) is 1. The van der Waals surface area contributed by atoms with Crippen LogP contribution in [-0.4, -0.2) is 55.5 Å². The van der Waals surface area contributed by atoms with Crippen LogP contribution >= 0.6 is 0 Å². The van der Waals surface area contributed by atoms with E-state index < -0.39 is 0 Å². The van der Waals surface area contributed by atoms with Crippen molar-refractivity contribution in [2.75, 3.05) is 19.7 Å². The van der Waals surface area contributed by atoms with Crippen LogP contribution in [0.25, 0.3) is 0 Å². The summed E-state index contributed by atoms with van der Waals surface area (Å²) in [7, 11) is 1.51. The Morgan fingerprint density at radius 1 is 1.45 bits per heavy atom. The van der Waals surface area contributed by atoms with E-state index in [0.29, 0.717) is 31.3 Å². The highest BCUT2D eigenvalue weighted by Gasteiger charge is 2.29. The molecule has 1 atom stereocenters. The summed E-state index contributed by atoms with van der Waals surface area (Å²) in [6.45, 7) is 3.01. The summed E-state index contributed by atoms with van der Waals surface area (Å²) in [5.41, 5.74) is -0.0264. The molecule has 0 saturated carbocycles. The van der Waals surface area contributed by atoms with Crippen molar-refractivity contribution in [3.05, 3.63) is 39.8 Å². The second kappa shape index (κ2) is 5.68. The molecule has 9 heteroatoms. The molecule has 1 aliphatic rings. The number of aromatic amines is 1. The Hall–Kier alpha value is -2.55. The number of aryl methyl sites for hydroxylation is 2. The molecule has 1 unspecified atom stereocenters. The summed E-state index contributed by atoms with van der Waals surface area (Å²) in [6.07, 6.45) is -0.366. The minimum absolute atomic E-state index is 0.230. The van der Waals surface area contributed by atoms with Crippen molar-refractivity contribution in [1.82, 2.24) is 29.9 Å². The Morgan fingerprint density at radius 2 is 2.27 bits per heavy atom. The molecule has 3 rings (SSSR count). The highest BCUT2D eigenvalue weighted by atomic mass is 16.5. The lowest BCUT2D eigenvalue weighted by atomic mass is 10.2. The largest absolute Gasteiger partial charge is 0.366 e. The number of aromatic nitrogens is 5. The molecule has 1 aliphatic heterocycles. The Labute approximate surface area is 125 Å². The molecule has 1 amide bonds. The first-order valence-corrected chi connectivity index (χ1v) is 6.89. The van der Waals surface area contributed by atoms with Crippen LogP contribution in [0.2, 0.25) is 0 Å². The maximum Gasteiger partial charge on any atom is 0.274 e. The van der Waals surface area contributed by atoms with Crippen molar-refractivity contribution in [2.45, 2.75) is 13.0 Å². The zero-order chi connectivity index (χ0) is 15.7. The smallest absolute Gasteiger partial charge is 0.274 e. The summed E-state index contributed by atoms with van der Waals surface area (Å²) in [5, 5.41) is 10.8. The van der Waals surface area contributed by atoms with Gasteiger partial charge in [-0.2, -0.15) is 10.2 Å². The van der Waals surface area contributed by atoms with Gasteiger partial charge in [-0.1, -0.05) is 0 Å². The fourth-order valence-electron chi connectivity index (χ4n) is 2.27. The van der Waals surface area contributed by atoms with Crippen LogP contribution in [0.4, 0.5) is 0 Å². The SMILES string of the molecule is Cc1nc(C2CN(C(=O)c3ccc(=O)n(C)n3)CCO2)n[nH]1. The molecule has 0 radical (unpaired) electrons. The van der Waals surface area contributed by atoms with Crippen LogP contribution in [0.1, 0.15) is 28.2 Å². The molecule has 3 heterocycles. The lowest BCUT2D eigenvalue weighted by Crippen LogP contribution is -2.43. The number of ether oxygens (including phenoxy) is 1. The summed E-state index contributed by atoms with van der Waals surface area (Å²) in [5.74, 6) is 0.987. The van der Waals surface area contributed by atoms with Gasteiger partial charge in [0.1, 0.15) is 17.6 Å². The van der Waals surface area contributed by atoms with Crippen molar-refractivity contribution in [3.63, 3.8) is 0 Å². The van der Waals surface area contributed by atoms with E-state index in [1.807, 2.05) is 0 Å². The van der Waals surface area contributed by atoms with Gasteiger partial charge in [0.15, 0.2) is 5.82 Å². The van der Waals surface area contributed by atoms with Gasteiger partial charge >= 0.3 is 0 Å². The quantitative estimate of drug-likeness (QED) is 0.795. The van der Waals surface area contributed by atoms with Gasteiger partial charge < -0.3 is 9.64 Å². The molecule has 0 aromatic carbocycles. The molecule has 0 bridgehead atoms. The third kappa shape index (κ3) is 2.75. The van der Waals surface area contributed by atoms with Crippen LogP contribution < -0.4 is 5.56 Å². The number of amides is 1. The number of H-pyrrole nitrogens is 1. The number of rotatable bonds is 2. The molecule has 116 valence electrons. The molecule has 9 nitrogen and oxygen atoms in total. The van der Waals surface area contributed by atoms with Crippen LogP contribution in [-0.2, 0) is 11.8 Å². The van der Waals surface area contributed by atoms with Gasteiger partial charge in [-0.25, -0.2) is 9.67 Å². The summed E-state index contributed by atoms with van der Waals surface area (Å²) in [4.78, 5) is 29.7. The monoisotopic (exact) mass is 304 g/mol. The molecule has 0 spiro atoms. The van der Waals surface area contributed by atoms with E-state index in [0.717, 1.165) is 4.68 Å². The van der Waals surface area contributed by atoms with Crippen molar-refractivity contribution in [2.24, 2.45) is 7.05 Å². The van der Waals surface area contributed by atoms with Crippen molar-refractivity contribution < 1.29 is 9.53 Å². The third-order valence-electron chi connectivity index (χ3n) is 3.44. The van der Waals surface area contributed by atoms with Gasteiger partial charge in [-0.3, -0.25) is 14.7 Å². The molecule has 1 saturated heterocycles. The first kappa shape index (κ1) is 14.4.